The number of likely N-dealkylation sites (N-methyl/N-ethyl adjacent to an activating group) is 1. The molecule has 1 rings (SSSR count). The fraction of sp³-hybridized carbons (Fsp3) is 0.615. The fourth-order valence-electron chi connectivity index (χ4n) is 2.03. The van der Waals surface area contributed by atoms with Gasteiger partial charge in [-0.15, -0.1) is 11.8 Å². The van der Waals surface area contributed by atoms with E-state index in [0.29, 0.717) is 5.57 Å². The van der Waals surface area contributed by atoms with Crippen molar-refractivity contribution in [3.63, 3.8) is 0 Å². The van der Waals surface area contributed by atoms with Crippen LogP contribution in [0, 0.1) is 5.41 Å². The molecular weight excluding hydrogens is 266 g/mol. The molecule has 0 aromatic carbocycles. The maximum absolute atomic E-state index is 12.5. The highest BCUT2D eigenvalue weighted by molar-refractivity contribution is 7.99. The Labute approximate surface area is 117 Å². The molecule has 5 nitrogen and oxygen atoms in total. The number of amides is 1. The van der Waals surface area contributed by atoms with E-state index in [-0.39, 0.29) is 17.3 Å². The maximum Gasteiger partial charge on any atom is 0.308 e. The zero-order valence-corrected chi connectivity index (χ0v) is 12.6. The summed E-state index contributed by atoms with van der Waals surface area (Å²) in [4.78, 5) is 36.9. The third-order valence-corrected chi connectivity index (χ3v) is 3.98. The van der Waals surface area contributed by atoms with Gasteiger partial charge in [-0.05, 0) is 6.26 Å². The first-order chi connectivity index (χ1) is 8.61. The minimum Gasteiger partial charge on any atom is -0.481 e. The van der Waals surface area contributed by atoms with Gasteiger partial charge in [0.15, 0.2) is 5.78 Å². The molecule has 1 atom stereocenters. The summed E-state index contributed by atoms with van der Waals surface area (Å²) >= 11 is 1.36. The normalized spacial score (nSPS) is 20.2. The average molecular weight is 285 g/mol. The molecule has 1 heterocycles. The van der Waals surface area contributed by atoms with Crippen LogP contribution in [0.5, 0.6) is 0 Å². The van der Waals surface area contributed by atoms with Crippen LogP contribution < -0.4 is 0 Å². The first-order valence-corrected chi connectivity index (χ1v) is 7.19. The lowest BCUT2D eigenvalue weighted by Crippen LogP contribution is -2.33. The van der Waals surface area contributed by atoms with Gasteiger partial charge in [-0.3, -0.25) is 14.4 Å². The van der Waals surface area contributed by atoms with E-state index < -0.39 is 23.2 Å². The Morgan fingerprint density at radius 2 is 1.89 bits per heavy atom. The van der Waals surface area contributed by atoms with E-state index in [1.807, 2.05) is 0 Å². The molecule has 0 aromatic heterocycles. The predicted molar refractivity (Wildman–Crippen MR) is 73.8 cm³/mol. The van der Waals surface area contributed by atoms with Crippen molar-refractivity contribution in [2.24, 2.45) is 5.41 Å². The molecule has 1 aliphatic heterocycles. The summed E-state index contributed by atoms with van der Waals surface area (Å²) in [7, 11) is 1.59. The van der Waals surface area contributed by atoms with Crippen molar-refractivity contribution in [3.8, 4) is 0 Å². The number of carboxylic acids is 1. The molecule has 0 saturated heterocycles. The van der Waals surface area contributed by atoms with Gasteiger partial charge >= 0.3 is 5.97 Å². The van der Waals surface area contributed by atoms with Crippen LogP contribution in [0.3, 0.4) is 0 Å². The van der Waals surface area contributed by atoms with Crippen LogP contribution in [0.2, 0.25) is 0 Å². The van der Waals surface area contributed by atoms with Gasteiger partial charge in [0.05, 0.1) is 6.42 Å². The lowest BCUT2D eigenvalue weighted by atomic mass is 9.84. The fourth-order valence-corrected chi connectivity index (χ4v) is 2.93. The molecule has 0 fully saturated rings. The summed E-state index contributed by atoms with van der Waals surface area (Å²) in [6.07, 6.45) is 1.39. The quantitative estimate of drug-likeness (QED) is 0.848. The third kappa shape index (κ3) is 3.00. The second-order valence-corrected chi connectivity index (χ2v) is 6.46. The second kappa shape index (κ2) is 5.36. The number of ketones is 1. The Bertz CT molecular complexity index is 462. The van der Waals surface area contributed by atoms with Crippen LogP contribution in [0.4, 0.5) is 0 Å². The number of carboxylic acid groups (broad SMARTS) is 1. The minimum atomic E-state index is -1.10. The summed E-state index contributed by atoms with van der Waals surface area (Å²) in [5.74, 6) is -1.63. The van der Waals surface area contributed by atoms with E-state index in [0.717, 1.165) is 0 Å². The lowest BCUT2D eigenvalue weighted by Gasteiger charge is -2.24. The number of hydrogen-bond acceptors (Lipinski definition) is 4. The zero-order chi connectivity index (χ0) is 15.0. The Morgan fingerprint density at radius 3 is 2.26 bits per heavy atom. The van der Waals surface area contributed by atoms with Crippen LogP contribution in [-0.2, 0) is 14.4 Å². The molecule has 1 N–H and O–H groups in total. The SMILES string of the molecule is CSC1C(C(=O)C(C)(C)C)=C(CC(=O)O)C(=O)N1C. The number of carbonyl (C=O) groups excluding carboxylic acids is 2. The van der Waals surface area contributed by atoms with Crippen molar-refractivity contribution >= 4 is 29.4 Å². The van der Waals surface area contributed by atoms with E-state index >= 15 is 0 Å². The van der Waals surface area contributed by atoms with E-state index in [4.69, 9.17) is 5.11 Å². The van der Waals surface area contributed by atoms with Crippen molar-refractivity contribution in [1.82, 2.24) is 4.90 Å². The van der Waals surface area contributed by atoms with Gasteiger partial charge in [-0.2, -0.15) is 0 Å². The van der Waals surface area contributed by atoms with Crippen LogP contribution in [-0.4, -0.2) is 46.3 Å². The average Bonchev–Trinajstić information content (AvgIpc) is 2.50. The number of thioether (sulfide) groups is 1. The topological polar surface area (TPSA) is 74.7 Å². The molecule has 19 heavy (non-hydrogen) atoms. The molecule has 106 valence electrons. The first-order valence-electron chi connectivity index (χ1n) is 5.90. The minimum absolute atomic E-state index is 0.120. The summed E-state index contributed by atoms with van der Waals surface area (Å²) in [5.41, 5.74) is -0.178. The number of Topliss-reactive ketones (excluding diaryl/α,β-unsaturated/α-hetero) is 1. The number of carbonyl (C=O) groups is 3. The van der Waals surface area contributed by atoms with Crippen molar-refractivity contribution in [3.05, 3.63) is 11.1 Å². The van der Waals surface area contributed by atoms with Crippen molar-refractivity contribution in [2.45, 2.75) is 32.6 Å². The molecule has 0 spiro atoms. The molecular formula is C13H19NO4S. The highest BCUT2D eigenvalue weighted by atomic mass is 32.2. The predicted octanol–water partition coefficient (Wildman–Crippen LogP) is 1.53. The first kappa shape index (κ1) is 15.8. The van der Waals surface area contributed by atoms with Crippen LogP contribution in [0.1, 0.15) is 27.2 Å². The van der Waals surface area contributed by atoms with Crippen LogP contribution in [0.25, 0.3) is 0 Å². The number of rotatable bonds is 4. The monoisotopic (exact) mass is 285 g/mol. The Kier molecular flexibility index (Phi) is 4.45. The highest BCUT2D eigenvalue weighted by Crippen LogP contribution is 2.37. The molecule has 1 amide bonds. The van der Waals surface area contributed by atoms with Crippen molar-refractivity contribution < 1.29 is 19.5 Å². The summed E-state index contributed by atoms with van der Waals surface area (Å²) in [6.45, 7) is 5.29. The summed E-state index contributed by atoms with van der Waals surface area (Å²) in [6, 6.07) is 0. The summed E-state index contributed by atoms with van der Waals surface area (Å²) < 4.78 is 0. The maximum atomic E-state index is 12.5. The van der Waals surface area contributed by atoms with Gasteiger partial charge in [0.25, 0.3) is 5.91 Å². The molecule has 0 bridgehead atoms. The van der Waals surface area contributed by atoms with E-state index in [1.165, 1.54) is 16.7 Å². The molecule has 1 unspecified atom stereocenters. The van der Waals surface area contributed by atoms with Gasteiger partial charge in [-0.25, -0.2) is 0 Å². The van der Waals surface area contributed by atoms with Crippen LogP contribution >= 0.6 is 11.8 Å². The largest absolute Gasteiger partial charge is 0.481 e. The van der Waals surface area contributed by atoms with E-state index in [1.54, 1.807) is 34.1 Å². The molecule has 0 aliphatic carbocycles. The van der Waals surface area contributed by atoms with Gasteiger partial charge < -0.3 is 10.0 Å². The van der Waals surface area contributed by atoms with Crippen molar-refractivity contribution in [1.29, 1.82) is 0 Å². The van der Waals surface area contributed by atoms with Crippen molar-refractivity contribution in [2.75, 3.05) is 13.3 Å². The smallest absolute Gasteiger partial charge is 0.308 e. The Morgan fingerprint density at radius 1 is 1.37 bits per heavy atom. The Hall–Kier alpha value is -1.30. The lowest BCUT2D eigenvalue weighted by molar-refractivity contribution is -0.137. The zero-order valence-electron chi connectivity index (χ0n) is 11.8. The van der Waals surface area contributed by atoms with Crippen LogP contribution in [0.15, 0.2) is 11.1 Å². The molecule has 6 heteroatoms. The van der Waals surface area contributed by atoms with Gasteiger partial charge in [-0.1, -0.05) is 20.8 Å². The van der Waals surface area contributed by atoms with Gasteiger partial charge in [0.1, 0.15) is 5.37 Å². The molecule has 0 aromatic rings. The molecule has 0 radical (unpaired) electrons. The third-order valence-electron chi connectivity index (χ3n) is 2.98. The number of hydrogen-bond donors (Lipinski definition) is 1. The molecule has 1 aliphatic rings. The highest BCUT2D eigenvalue weighted by Gasteiger charge is 2.43. The Balaban J connectivity index is 3.36. The standard InChI is InChI=1S/C13H19NO4S/c1-13(2,3)10(17)9-7(6-8(15)16)11(18)14(4)12(9)19-5/h12H,6H2,1-5H3,(H,15,16). The second-order valence-electron chi connectivity index (χ2n) is 5.55. The number of nitrogens with zero attached hydrogens (tertiary/aromatic N) is 1. The summed E-state index contributed by atoms with van der Waals surface area (Å²) in [5, 5.41) is 8.52. The van der Waals surface area contributed by atoms with E-state index in [9.17, 15) is 14.4 Å². The molecule has 0 saturated carbocycles. The van der Waals surface area contributed by atoms with E-state index in [2.05, 4.69) is 0 Å². The number of aliphatic carboxylic acids is 1. The van der Waals surface area contributed by atoms with Gasteiger partial charge in [0, 0.05) is 23.6 Å². The van der Waals surface area contributed by atoms with Gasteiger partial charge in [0.2, 0.25) is 0 Å².